The van der Waals surface area contributed by atoms with Crippen LogP contribution in [0.3, 0.4) is 0 Å². The number of aromatic nitrogens is 1. The minimum atomic E-state index is -0.846. The predicted octanol–water partition coefficient (Wildman–Crippen LogP) is 5.72. The fourth-order valence-electron chi connectivity index (χ4n) is 6.33. The van der Waals surface area contributed by atoms with Gasteiger partial charge < -0.3 is 15.0 Å². The highest BCUT2D eigenvalue weighted by Crippen LogP contribution is 2.49. The first-order valence-corrected chi connectivity index (χ1v) is 11.4. The summed E-state index contributed by atoms with van der Waals surface area (Å²) in [5.41, 5.74) is 7.06. The van der Waals surface area contributed by atoms with Crippen molar-refractivity contribution in [1.29, 1.82) is 0 Å². The largest absolute Gasteiger partial charge is 0.478 e. The third kappa shape index (κ3) is 2.66. The molecule has 2 fully saturated rings. The number of fused-ring (bicyclic) bond motifs is 7. The summed E-state index contributed by atoms with van der Waals surface area (Å²) in [4.78, 5) is 11.8. The van der Waals surface area contributed by atoms with E-state index < -0.39 is 5.97 Å². The van der Waals surface area contributed by atoms with E-state index >= 15 is 0 Å². The maximum absolute atomic E-state index is 11.8. The molecule has 0 amide bonds. The molecule has 0 unspecified atom stereocenters. The molecule has 0 radical (unpaired) electrons. The summed E-state index contributed by atoms with van der Waals surface area (Å²) >= 11 is 0. The molecule has 2 aliphatic heterocycles. The Balaban J connectivity index is 1.68. The molecule has 2 aromatic carbocycles. The van der Waals surface area contributed by atoms with Crippen LogP contribution >= 0.6 is 0 Å². The van der Waals surface area contributed by atoms with Crippen molar-refractivity contribution in [1.82, 2.24) is 9.88 Å². The maximum atomic E-state index is 11.8. The normalized spacial score (nSPS) is 23.6. The predicted molar refractivity (Wildman–Crippen MR) is 119 cm³/mol. The van der Waals surface area contributed by atoms with Gasteiger partial charge in [-0.15, -0.1) is 0 Å². The van der Waals surface area contributed by atoms with Gasteiger partial charge in [0.05, 0.1) is 11.3 Å². The zero-order valence-corrected chi connectivity index (χ0v) is 17.2. The molecule has 4 nitrogen and oxygen atoms in total. The van der Waals surface area contributed by atoms with Crippen molar-refractivity contribution >= 4 is 16.9 Å². The van der Waals surface area contributed by atoms with Gasteiger partial charge in [-0.1, -0.05) is 49.6 Å². The third-order valence-electron chi connectivity index (χ3n) is 7.68. The highest BCUT2D eigenvalue weighted by Gasteiger charge is 2.37. The van der Waals surface area contributed by atoms with Gasteiger partial charge >= 0.3 is 5.97 Å². The van der Waals surface area contributed by atoms with E-state index in [4.69, 9.17) is 0 Å². The number of hydrogen-bond acceptors (Lipinski definition) is 2. The summed E-state index contributed by atoms with van der Waals surface area (Å²) in [6.45, 7) is 2.00. The molecule has 1 saturated heterocycles. The van der Waals surface area contributed by atoms with Crippen LogP contribution in [0.25, 0.3) is 22.2 Å². The van der Waals surface area contributed by atoms with Crippen LogP contribution in [0.1, 0.15) is 72.0 Å². The lowest BCUT2D eigenvalue weighted by Gasteiger charge is -2.24. The quantitative estimate of drug-likeness (QED) is 0.579. The van der Waals surface area contributed by atoms with E-state index in [2.05, 4.69) is 40.2 Å². The van der Waals surface area contributed by atoms with Crippen LogP contribution in [-0.2, 0) is 6.54 Å². The second kappa shape index (κ2) is 6.98. The Labute approximate surface area is 176 Å². The van der Waals surface area contributed by atoms with Crippen LogP contribution in [0, 0.1) is 5.92 Å². The van der Waals surface area contributed by atoms with Crippen molar-refractivity contribution in [2.75, 3.05) is 6.54 Å². The molecule has 6 rings (SSSR count). The first kappa shape index (κ1) is 18.2. The lowest BCUT2D eigenvalue weighted by molar-refractivity contribution is 0.0697. The third-order valence-corrected chi connectivity index (χ3v) is 7.68. The first-order valence-electron chi connectivity index (χ1n) is 11.4. The van der Waals surface area contributed by atoms with Crippen molar-refractivity contribution in [2.24, 2.45) is 5.92 Å². The molecule has 154 valence electrons. The van der Waals surface area contributed by atoms with Crippen LogP contribution in [0.4, 0.5) is 0 Å². The van der Waals surface area contributed by atoms with Gasteiger partial charge in [-0.25, -0.2) is 4.79 Å². The lowest BCUT2D eigenvalue weighted by Crippen LogP contribution is -2.19. The molecule has 30 heavy (non-hydrogen) atoms. The summed E-state index contributed by atoms with van der Waals surface area (Å²) in [5.74, 6) is 0.254. The Morgan fingerprint density at radius 1 is 1.03 bits per heavy atom. The Bertz CT molecular complexity index is 1140. The zero-order chi connectivity index (χ0) is 20.2. The topological polar surface area (TPSA) is 54.3 Å². The summed E-state index contributed by atoms with van der Waals surface area (Å²) in [7, 11) is 0. The summed E-state index contributed by atoms with van der Waals surface area (Å²) in [6.07, 6.45) is 7.55. The van der Waals surface area contributed by atoms with Gasteiger partial charge in [-0.05, 0) is 60.9 Å². The molecule has 1 saturated carbocycles. The molecular weight excluding hydrogens is 372 g/mol. The van der Waals surface area contributed by atoms with E-state index in [1.54, 1.807) is 6.07 Å². The number of carbonyl (C=O) groups is 1. The van der Waals surface area contributed by atoms with Crippen molar-refractivity contribution < 1.29 is 9.90 Å². The zero-order valence-electron chi connectivity index (χ0n) is 17.2. The van der Waals surface area contributed by atoms with Crippen molar-refractivity contribution in [3.8, 4) is 11.3 Å². The Morgan fingerprint density at radius 2 is 1.87 bits per heavy atom. The summed E-state index contributed by atoms with van der Waals surface area (Å²) < 4.78 is 2.47. The fourth-order valence-corrected chi connectivity index (χ4v) is 6.33. The highest BCUT2D eigenvalue weighted by molar-refractivity contribution is 5.98. The van der Waals surface area contributed by atoms with E-state index in [0.717, 1.165) is 25.0 Å². The second-order valence-corrected chi connectivity index (χ2v) is 9.31. The number of benzene rings is 2. The maximum Gasteiger partial charge on any atom is 0.335 e. The summed E-state index contributed by atoms with van der Waals surface area (Å²) in [5, 5.41) is 14.7. The van der Waals surface area contributed by atoms with Gasteiger partial charge in [-0.2, -0.15) is 0 Å². The van der Waals surface area contributed by atoms with Gasteiger partial charge in [0.2, 0.25) is 0 Å². The van der Waals surface area contributed by atoms with Crippen LogP contribution in [0.15, 0.2) is 42.5 Å². The summed E-state index contributed by atoms with van der Waals surface area (Å²) in [6, 6.07) is 15.1. The molecule has 2 N–H and O–H groups in total. The molecular formula is C26H28N2O2. The average molecular weight is 401 g/mol. The van der Waals surface area contributed by atoms with Crippen LogP contribution in [-0.4, -0.2) is 22.2 Å². The highest BCUT2D eigenvalue weighted by atomic mass is 16.4. The first-order chi connectivity index (χ1) is 14.7. The minimum Gasteiger partial charge on any atom is -0.478 e. The van der Waals surface area contributed by atoms with E-state index in [9.17, 15) is 9.90 Å². The Kier molecular flexibility index (Phi) is 4.24. The monoisotopic (exact) mass is 400 g/mol. The number of carboxylic acid groups (broad SMARTS) is 1. The van der Waals surface area contributed by atoms with Crippen LogP contribution in [0.5, 0.6) is 0 Å². The number of aromatic carboxylic acids is 1. The Hall–Kier alpha value is -2.59. The van der Waals surface area contributed by atoms with Crippen molar-refractivity contribution in [2.45, 2.75) is 57.0 Å². The molecule has 3 heterocycles. The van der Waals surface area contributed by atoms with Gasteiger partial charge in [0.25, 0.3) is 0 Å². The van der Waals surface area contributed by atoms with Gasteiger partial charge in [0.15, 0.2) is 0 Å². The smallest absolute Gasteiger partial charge is 0.335 e. The van der Waals surface area contributed by atoms with Gasteiger partial charge in [-0.3, -0.25) is 0 Å². The molecule has 0 spiro atoms. The molecule has 3 aromatic rings. The number of rotatable bonds is 2. The molecule has 0 bridgehead atoms. The molecule has 1 aliphatic carbocycles. The molecule has 1 aromatic heterocycles. The SMILES string of the molecule is O=C(O)c1ccc2c(C3CCCCC3)c3n(c2c1)C[C@@H]1CCN[C@@H]1c1ccccc1-3. The van der Waals surface area contributed by atoms with E-state index in [0.29, 0.717) is 23.4 Å². The van der Waals surface area contributed by atoms with E-state index in [1.807, 2.05) is 6.07 Å². The van der Waals surface area contributed by atoms with Crippen LogP contribution < -0.4 is 5.32 Å². The van der Waals surface area contributed by atoms with Gasteiger partial charge in [0.1, 0.15) is 0 Å². The van der Waals surface area contributed by atoms with Crippen molar-refractivity contribution in [3.63, 3.8) is 0 Å². The number of carboxylic acids is 1. The van der Waals surface area contributed by atoms with Gasteiger partial charge in [0, 0.05) is 29.1 Å². The number of nitrogens with zero attached hydrogens (tertiary/aromatic N) is 1. The van der Waals surface area contributed by atoms with Crippen LogP contribution in [0.2, 0.25) is 0 Å². The Morgan fingerprint density at radius 3 is 2.70 bits per heavy atom. The second-order valence-electron chi connectivity index (χ2n) is 9.31. The molecule has 2 atom stereocenters. The molecule has 3 aliphatic rings. The van der Waals surface area contributed by atoms with E-state index in [1.165, 1.54) is 59.9 Å². The van der Waals surface area contributed by atoms with Crippen molar-refractivity contribution in [3.05, 3.63) is 59.2 Å². The van der Waals surface area contributed by atoms with E-state index in [-0.39, 0.29) is 0 Å². The molecule has 4 heteroatoms. The lowest BCUT2D eigenvalue weighted by atomic mass is 9.81. The minimum absolute atomic E-state index is 0.386. The standard InChI is InChI=1S/C26H28N2O2/c29-26(30)17-10-11-21-22(14-17)28-15-18-12-13-27-24(18)19-8-4-5-9-20(19)25(28)23(21)16-6-2-1-3-7-16/h4-5,8-11,14,16,18,24,27H,1-3,6-7,12-13,15H2,(H,29,30)/t18-,24-/m0/s1. The average Bonchev–Trinajstić information content (AvgIpc) is 3.33. The number of nitrogens with one attached hydrogen (secondary N) is 1. The fraction of sp³-hybridized carbons (Fsp3) is 0.423. The number of hydrogen-bond donors (Lipinski definition) is 2.